The number of nitrogens with zero attached hydrogens (tertiary/aromatic N) is 2. The van der Waals surface area contributed by atoms with Crippen LogP contribution in [0.15, 0.2) is 18.3 Å². The van der Waals surface area contributed by atoms with Gasteiger partial charge in [-0.05, 0) is 17.5 Å². The Kier molecular flexibility index (Phi) is 2.02. The van der Waals surface area contributed by atoms with E-state index in [0.717, 1.165) is 10.9 Å². The lowest BCUT2D eigenvalue weighted by Gasteiger charge is -2.07. The van der Waals surface area contributed by atoms with Crippen molar-refractivity contribution in [3.8, 4) is 0 Å². The first-order chi connectivity index (χ1) is 6.61. The first kappa shape index (κ1) is 9.19. The molecule has 0 aliphatic heterocycles. The second-order valence-electron chi connectivity index (χ2n) is 3.82. The van der Waals surface area contributed by atoms with E-state index in [1.165, 1.54) is 6.07 Å². The van der Waals surface area contributed by atoms with Crippen LogP contribution in [-0.2, 0) is 7.05 Å². The Morgan fingerprint density at radius 2 is 2.07 bits per heavy atom. The molecule has 2 nitrogen and oxygen atoms in total. The molecule has 0 fully saturated rings. The molecule has 0 radical (unpaired) electrons. The van der Waals surface area contributed by atoms with Crippen LogP contribution in [0.2, 0.25) is 0 Å². The maximum atomic E-state index is 13.5. The normalized spacial score (nSPS) is 11.5. The molecule has 0 aliphatic rings. The van der Waals surface area contributed by atoms with Crippen LogP contribution in [0, 0.1) is 5.82 Å². The summed E-state index contributed by atoms with van der Waals surface area (Å²) < 4.78 is 15.0. The van der Waals surface area contributed by atoms with E-state index in [1.54, 1.807) is 17.9 Å². The van der Waals surface area contributed by atoms with Crippen LogP contribution >= 0.6 is 0 Å². The quantitative estimate of drug-likeness (QED) is 0.679. The van der Waals surface area contributed by atoms with Crippen molar-refractivity contribution in [1.29, 1.82) is 0 Å². The van der Waals surface area contributed by atoms with Crippen molar-refractivity contribution < 1.29 is 4.39 Å². The number of hydrogen-bond donors (Lipinski definition) is 0. The Morgan fingerprint density at radius 3 is 2.71 bits per heavy atom. The van der Waals surface area contributed by atoms with E-state index in [-0.39, 0.29) is 5.82 Å². The van der Waals surface area contributed by atoms with Crippen LogP contribution in [-0.4, -0.2) is 9.78 Å². The summed E-state index contributed by atoms with van der Waals surface area (Å²) in [6.45, 7) is 4.19. The van der Waals surface area contributed by atoms with Crippen molar-refractivity contribution in [1.82, 2.24) is 9.78 Å². The molecule has 2 aromatic rings. The molecule has 14 heavy (non-hydrogen) atoms. The zero-order valence-electron chi connectivity index (χ0n) is 8.58. The van der Waals surface area contributed by atoms with Gasteiger partial charge in [0.2, 0.25) is 0 Å². The molecular weight excluding hydrogens is 179 g/mol. The van der Waals surface area contributed by atoms with Gasteiger partial charge in [-0.1, -0.05) is 19.9 Å². The third-order valence-corrected chi connectivity index (χ3v) is 2.51. The first-order valence-electron chi connectivity index (χ1n) is 4.71. The van der Waals surface area contributed by atoms with Crippen LogP contribution in [0.5, 0.6) is 0 Å². The molecule has 0 atom stereocenters. The van der Waals surface area contributed by atoms with Gasteiger partial charge < -0.3 is 0 Å². The Labute approximate surface area is 82.3 Å². The van der Waals surface area contributed by atoms with Gasteiger partial charge in [0, 0.05) is 12.4 Å². The van der Waals surface area contributed by atoms with Gasteiger partial charge in [-0.2, -0.15) is 5.10 Å². The SMILES string of the molecule is CC(C)c1ccc(F)c2c1cnn2C. The fraction of sp³-hybridized carbons (Fsp3) is 0.364. The van der Waals surface area contributed by atoms with E-state index in [0.29, 0.717) is 11.4 Å². The van der Waals surface area contributed by atoms with E-state index in [1.807, 2.05) is 6.07 Å². The van der Waals surface area contributed by atoms with Crippen molar-refractivity contribution in [2.24, 2.45) is 7.05 Å². The molecule has 0 spiro atoms. The first-order valence-corrected chi connectivity index (χ1v) is 4.71. The Balaban J connectivity index is 2.83. The van der Waals surface area contributed by atoms with Gasteiger partial charge in [-0.3, -0.25) is 4.68 Å². The van der Waals surface area contributed by atoms with Crippen molar-refractivity contribution in [2.75, 3.05) is 0 Å². The van der Waals surface area contributed by atoms with E-state index in [2.05, 4.69) is 18.9 Å². The minimum absolute atomic E-state index is 0.204. The molecule has 1 aromatic carbocycles. The summed E-state index contributed by atoms with van der Waals surface area (Å²) in [4.78, 5) is 0. The molecule has 1 heterocycles. The maximum Gasteiger partial charge on any atom is 0.149 e. The van der Waals surface area contributed by atoms with Gasteiger partial charge in [0.1, 0.15) is 11.3 Å². The average molecular weight is 192 g/mol. The van der Waals surface area contributed by atoms with Crippen LogP contribution in [0.1, 0.15) is 25.3 Å². The van der Waals surface area contributed by atoms with Crippen LogP contribution in [0.4, 0.5) is 4.39 Å². The second kappa shape index (κ2) is 3.08. The zero-order chi connectivity index (χ0) is 10.3. The molecule has 2 rings (SSSR count). The lowest BCUT2D eigenvalue weighted by Crippen LogP contribution is -1.94. The van der Waals surface area contributed by atoms with Crippen molar-refractivity contribution >= 4 is 10.9 Å². The number of aryl methyl sites for hydroxylation is 1. The van der Waals surface area contributed by atoms with E-state index in [4.69, 9.17) is 0 Å². The average Bonchev–Trinajstić information content (AvgIpc) is 2.49. The number of fused-ring (bicyclic) bond motifs is 1. The number of rotatable bonds is 1. The van der Waals surface area contributed by atoms with Crippen molar-refractivity contribution in [2.45, 2.75) is 19.8 Å². The summed E-state index contributed by atoms with van der Waals surface area (Å²) in [6.07, 6.45) is 1.73. The highest BCUT2D eigenvalue weighted by Crippen LogP contribution is 2.26. The van der Waals surface area contributed by atoms with Crippen LogP contribution in [0.25, 0.3) is 10.9 Å². The Hall–Kier alpha value is -1.38. The molecule has 0 N–H and O–H groups in total. The minimum Gasteiger partial charge on any atom is -0.265 e. The largest absolute Gasteiger partial charge is 0.265 e. The predicted octanol–water partition coefficient (Wildman–Crippen LogP) is 2.84. The number of halogens is 1. The topological polar surface area (TPSA) is 17.8 Å². The Morgan fingerprint density at radius 1 is 1.36 bits per heavy atom. The van der Waals surface area contributed by atoms with Gasteiger partial charge in [0.15, 0.2) is 0 Å². The highest BCUT2D eigenvalue weighted by molar-refractivity contribution is 5.83. The smallest absolute Gasteiger partial charge is 0.149 e. The lowest BCUT2D eigenvalue weighted by atomic mass is 9.99. The monoisotopic (exact) mass is 192 g/mol. The maximum absolute atomic E-state index is 13.5. The van der Waals surface area contributed by atoms with E-state index >= 15 is 0 Å². The predicted molar refractivity (Wildman–Crippen MR) is 54.8 cm³/mol. The van der Waals surface area contributed by atoms with Crippen LogP contribution < -0.4 is 0 Å². The summed E-state index contributed by atoms with van der Waals surface area (Å²) >= 11 is 0. The number of hydrogen-bond acceptors (Lipinski definition) is 1. The summed E-state index contributed by atoms with van der Waals surface area (Å²) in [5.74, 6) is 0.187. The molecular formula is C11H13FN2. The van der Waals surface area contributed by atoms with Crippen molar-refractivity contribution in [3.05, 3.63) is 29.7 Å². The van der Waals surface area contributed by atoms with Gasteiger partial charge in [-0.25, -0.2) is 4.39 Å². The molecule has 3 heteroatoms. The molecule has 0 saturated carbocycles. The fourth-order valence-electron chi connectivity index (χ4n) is 1.77. The summed E-state index contributed by atoms with van der Waals surface area (Å²) in [5, 5.41) is 5.00. The van der Waals surface area contributed by atoms with Crippen molar-refractivity contribution in [3.63, 3.8) is 0 Å². The highest BCUT2D eigenvalue weighted by atomic mass is 19.1. The molecule has 74 valence electrons. The molecule has 0 bridgehead atoms. The zero-order valence-corrected chi connectivity index (χ0v) is 8.58. The number of aromatic nitrogens is 2. The van der Waals surface area contributed by atoms with E-state index < -0.39 is 0 Å². The van der Waals surface area contributed by atoms with Gasteiger partial charge in [-0.15, -0.1) is 0 Å². The van der Waals surface area contributed by atoms with Crippen LogP contribution in [0.3, 0.4) is 0 Å². The molecule has 0 unspecified atom stereocenters. The highest BCUT2D eigenvalue weighted by Gasteiger charge is 2.11. The third kappa shape index (κ3) is 1.20. The van der Waals surface area contributed by atoms with E-state index in [9.17, 15) is 4.39 Å². The minimum atomic E-state index is -0.204. The standard InChI is InChI=1S/C11H13FN2/c1-7(2)8-4-5-10(12)11-9(8)6-13-14(11)3/h4-7H,1-3H3. The summed E-state index contributed by atoms with van der Waals surface area (Å²) in [5.41, 5.74) is 1.74. The Bertz CT molecular complexity index is 471. The number of benzene rings is 1. The molecule has 0 aliphatic carbocycles. The fourth-order valence-corrected chi connectivity index (χ4v) is 1.77. The summed E-state index contributed by atoms with van der Waals surface area (Å²) in [7, 11) is 1.76. The summed E-state index contributed by atoms with van der Waals surface area (Å²) in [6, 6.07) is 3.35. The second-order valence-corrected chi connectivity index (χ2v) is 3.82. The third-order valence-electron chi connectivity index (χ3n) is 2.51. The van der Waals surface area contributed by atoms with Gasteiger partial charge >= 0.3 is 0 Å². The molecule has 1 aromatic heterocycles. The van der Waals surface area contributed by atoms with Gasteiger partial charge in [0.05, 0.1) is 6.20 Å². The lowest BCUT2D eigenvalue weighted by molar-refractivity contribution is 0.625. The molecule has 0 saturated heterocycles. The van der Waals surface area contributed by atoms with Gasteiger partial charge in [0.25, 0.3) is 0 Å². The molecule has 0 amide bonds.